The first kappa shape index (κ1) is 19.9. The molecule has 1 aliphatic rings. The molecule has 0 fully saturated rings. The van der Waals surface area contributed by atoms with Crippen molar-refractivity contribution >= 4 is 6.09 Å². The molecule has 30 heavy (non-hydrogen) atoms. The number of nitrogens with one attached hydrogen (secondary N) is 1. The third kappa shape index (κ3) is 3.98. The van der Waals surface area contributed by atoms with E-state index in [-0.39, 0.29) is 30.5 Å². The fourth-order valence-electron chi connectivity index (χ4n) is 3.72. The fourth-order valence-corrected chi connectivity index (χ4v) is 3.72. The van der Waals surface area contributed by atoms with Crippen LogP contribution in [0.2, 0.25) is 0 Å². The van der Waals surface area contributed by atoms with Crippen molar-refractivity contribution in [2.24, 2.45) is 0 Å². The van der Waals surface area contributed by atoms with Gasteiger partial charge in [0.05, 0.1) is 11.9 Å². The molecular weight excluding hydrogens is 384 g/mol. The van der Waals surface area contributed by atoms with E-state index in [0.717, 1.165) is 22.3 Å². The van der Waals surface area contributed by atoms with Crippen molar-refractivity contribution in [2.75, 3.05) is 13.2 Å². The molecular formula is C23H22N2O5. The van der Waals surface area contributed by atoms with E-state index in [1.54, 1.807) is 0 Å². The van der Waals surface area contributed by atoms with Crippen LogP contribution in [0.5, 0.6) is 5.75 Å². The topological polar surface area (TPSA) is 112 Å². The van der Waals surface area contributed by atoms with Gasteiger partial charge in [-0.15, -0.1) is 0 Å². The lowest BCUT2D eigenvalue weighted by Gasteiger charge is -2.19. The van der Waals surface area contributed by atoms with E-state index in [1.807, 2.05) is 36.4 Å². The number of aliphatic hydroxyl groups excluding tert-OH is 2. The summed E-state index contributed by atoms with van der Waals surface area (Å²) in [6.07, 6.45) is -2.09. The van der Waals surface area contributed by atoms with Crippen molar-refractivity contribution in [2.45, 2.75) is 18.1 Å². The quantitative estimate of drug-likeness (QED) is 0.501. The number of aromatic nitrogens is 1. The van der Waals surface area contributed by atoms with Crippen LogP contribution in [0, 0.1) is 0 Å². The van der Waals surface area contributed by atoms with Crippen molar-refractivity contribution in [3.8, 4) is 16.9 Å². The second-order valence-electron chi connectivity index (χ2n) is 7.16. The predicted octanol–water partition coefficient (Wildman–Crippen LogP) is 2.72. The Hall–Kier alpha value is -3.42. The third-order valence-electron chi connectivity index (χ3n) is 5.24. The summed E-state index contributed by atoms with van der Waals surface area (Å²) in [5.74, 6) is -0.0999. The lowest BCUT2D eigenvalue weighted by molar-refractivity contribution is 0.0160. The van der Waals surface area contributed by atoms with E-state index in [4.69, 9.17) is 4.74 Å². The summed E-state index contributed by atoms with van der Waals surface area (Å²) < 4.78 is 5.40. The lowest BCUT2D eigenvalue weighted by Crippen LogP contribution is -2.36. The molecule has 2 atom stereocenters. The SMILES string of the molecule is O=C(NCC(O)C(O)c1ccc(O)cn1)OCC1c2ccccc2-c2ccccc21. The first-order valence-electron chi connectivity index (χ1n) is 9.64. The van der Waals surface area contributed by atoms with Crippen LogP contribution in [0.15, 0.2) is 66.9 Å². The van der Waals surface area contributed by atoms with Crippen molar-refractivity contribution in [3.63, 3.8) is 0 Å². The molecule has 0 saturated carbocycles. The minimum atomic E-state index is -1.31. The van der Waals surface area contributed by atoms with Crippen LogP contribution in [0.3, 0.4) is 0 Å². The van der Waals surface area contributed by atoms with Gasteiger partial charge in [0.25, 0.3) is 0 Å². The van der Waals surface area contributed by atoms with Crippen LogP contribution in [0.4, 0.5) is 4.79 Å². The summed E-state index contributed by atoms with van der Waals surface area (Å²) in [7, 11) is 0. The monoisotopic (exact) mass is 406 g/mol. The van der Waals surface area contributed by atoms with Crippen LogP contribution in [0.25, 0.3) is 11.1 Å². The molecule has 2 unspecified atom stereocenters. The number of rotatable bonds is 6. The molecule has 4 rings (SSSR count). The molecule has 3 aromatic rings. The van der Waals surface area contributed by atoms with Crippen molar-refractivity contribution in [3.05, 3.63) is 83.7 Å². The zero-order valence-electron chi connectivity index (χ0n) is 16.1. The van der Waals surface area contributed by atoms with E-state index in [9.17, 15) is 20.1 Å². The molecule has 0 radical (unpaired) electrons. The molecule has 4 N–H and O–H groups in total. The number of ether oxygens (including phenoxy) is 1. The Morgan fingerprint density at radius 1 is 1.00 bits per heavy atom. The van der Waals surface area contributed by atoms with Crippen LogP contribution in [-0.2, 0) is 4.74 Å². The lowest BCUT2D eigenvalue weighted by atomic mass is 9.98. The summed E-state index contributed by atoms with van der Waals surface area (Å²) in [5, 5.41) is 31.9. The maximum atomic E-state index is 12.2. The van der Waals surface area contributed by atoms with Gasteiger partial charge in [0, 0.05) is 12.5 Å². The Kier molecular flexibility index (Phi) is 5.65. The molecule has 0 bridgehead atoms. The number of hydrogen-bond donors (Lipinski definition) is 4. The van der Waals surface area contributed by atoms with E-state index in [0.29, 0.717) is 0 Å². The number of pyridine rings is 1. The maximum absolute atomic E-state index is 12.2. The molecule has 7 heteroatoms. The number of carbonyl (C=O) groups excluding carboxylic acids is 1. The molecule has 1 aromatic heterocycles. The minimum absolute atomic E-state index is 0.0443. The van der Waals surface area contributed by atoms with Crippen LogP contribution < -0.4 is 5.32 Å². The Balaban J connectivity index is 1.33. The number of nitrogens with zero attached hydrogens (tertiary/aromatic N) is 1. The number of hydrogen-bond acceptors (Lipinski definition) is 6. The van der Waals surface area contributed by atoms with Crippen LogP contribution >= 0.6 is 0 Å². The Bertz CT molecular complexity index is 992. The van der Waals surface area contributed by atoms with E-state index < -0.39 is 18.3 Å². The summed E-state index contributed by atoms with van der Waals surface area (Å²) in [4.78, 5) is 16.0. The average Bonchev–Trinajstić information content (AvgIpc) is 3.10. The van der Waals surface area contributed by atoms with Gasteiger partial charge in [-0.25, -0.2) is 4.79 Å². The van der Waals surface area contributed by atoms with E-state index in [2.05, 4.69) is 22.4 Å². The van der Waals surface area contributed by atoms with E-state index >= 15 is 0 Å². The van der Waals surface area contributed by atoms with Gasteiger partial charge < -0.3 is 25.4 Å². The molecule has 7 nitrogen and oxygen atoms in total. The van der Waals surface area contributed by atoms with Gasteiger partial charge in [-0.3, -0.25) is 4.98 Å². The number of aliphatic hydroxyl groups is 2. The molecule has 0 aliphatic heterocycles. The molecule has 2 aromatic carbocycles. The second-order valence-corrected chi connectivity index (χ2v) is 7.16. The van der Waals surface area contributed by atoms with Crippen molar-refractivity contribution in [1.82, 2.24) is 10.3 Å². The van der Waals surface area contributed by atoms with Gasteiger partial charge in [0.1, 0.15) is 24.6 Å². The average molecular weight is 406 g/mol. The van der Waals surface area contributed by atoms with Gasteiger partial charge in [-0.1, -0.05) is 48.5 Å². The van der Waals surface area contributed by atoms with Gasteiger partial charge in [-0.2, -0.15) is 0 Å². The molecule has 0 spiro atoms. The molecule has 0 saturated heterocycles. The molecule has 1 amide bonds. The number of amides is 1. The smallest absolute Gasteiger partial charge is 0.407 e. The van der Waals surface area contributed by atoms with Gasteiger partial charge in [0.2, 0.25) is 0 Å². The Morgan fingerprint density at radius 3 is 2.23 bits per heavy atom. The highest BCUT2D eigenvalue weighted by Crippen LogP contribution is 2.44. The Morgan fingerprint density at radius 2 is 1.63 bits per heavy atom. The molecule has 1 heterocycles. The zero-order chi connectivity index (χ0) is 21.1. The standard InChI is InChI=1S/C23H22N2O5/c26-14-9-10-20(24-11-14)22(28)21(27)12-25-23(29)30-13-19-17-7-3-1-5-15(17)16-6-2-4-8-18(16)19/h1-11,19,21-22,26-28H,12-13H2,(H,25,29). The highest BCUT2D eigenvalue weighted by atomic mass is 16.5. The van der Waals surface area contributed by atoms with E-state index in [1.165, 1.54) is 18.3 Å². The van der Waals surface area contributed by atoms with Gasteiger partial charge in [-0.05, 0) is 34.4 Å². The largest absolute Gasteiger partial charge is 0.506 e. The van der Waals surface area contributed by atoms with Crippen molar-refractivity contribution in [1.29, 1.82) is 0 Å². The van der Waals surface area contributed by atoms with Crippen molar-refractivity contribution < 1.29 is 24.9 Å². The highest BCUT2D eigenvalue weighted by Gasteiger charge is 2.29. The summed E-state index contributed by atoms with van der Waals surface area (Å²) in [6, 6.07) is 18.8. The minimum Gasteiger partial charge on any atom is -0.506 e. The van der Waals surface area contributed by atoms with Crippen LogP contribution in [0.1, 0.15) is 28.8 Å². The second kappa shape index (κ2) is 8.52. The highest BCUT2D eigenvalue weighted by molar-refractivity contribution is 5.79. The number of carbonyl (C=O) groups is 1. The van der Waals surface area contributed by atoms with Crippen LogP contribution in [-0.4, -0.2) is 45.7 Å². The predicted molar refractivity (Wildman–Crippen MR) is 110 cm³/mol. The number of aromatic hydroxyl groups is 1. The van der Waals surface area contributed by atoms with Gasteiger partial charge in [0.15, 0.2) is 0 Å². The number of alkyl carbamates (subject to hydrolysis) is 1. The molecule has 1 aliphatic carbocycles. The number of benzene rings is 2. The first-order valence-corrected chi connectivity index (χ1v) is 9.64. The Labute approximate surface area is 173 Å². The summed E-state index contributed by atoms with van der Waals surface area (Å²) in [6.45, 7) is -0.0432. The zero-order valence-corrected chi connectivity index (χ0v) is 16.1. The molecule has 154 valence electrons. The fraction of sp³-hybridized carbons (Fsp3) is 0.217. The summed E-state index contributed by atoms with van der Waals surface area (Å²) >= 11 is 0. The summed E-state index contributed by atoms with van der Waals surface area (Å²) in [5.41, 5.74) is 4.69. The third-order valence-corrected chi connectivity index (χ3v) is 5.24. The first-order chi connectivity index (χ1) is 14.5. The normalized spacial score (nSPS) is 14.5. The van der Waals surface area contributed by atoms with Gasteiger partial charge >= 0.3 is 6.09 Å². The number of fused-ring (bicyclic) bond motifs is 3. The maximum Gasteiger partial charge on any atom is 0.407 e.